The summed E-state index contributed by atoms with van der Waals surface area (Å²) in [5.41, 5.74) is 8.28. The van der Waals surface area contributed by atoms with Crippen LogP contribution in [0.1, 0.15) is 26.2 Å². The van der Waals surface area contributed by atoms with Crippen LogP contribution in [0.4, 0.5) is 0 Å². The average molecular weight is 151 g/mol. The summed E-state index contributed by atoms with van der Waals surface area (Å²) in [6, 6.07) is 0.278. The lowest BCUT2D eigenvalue weighted by atomic mass is 9.85. The molecule has 0 aromatic carbocycles. The Bertz CT molecular complexity index is 177. The van der Waals surface area contributed by atoms with Crippen molar-refractivity contribution >= 4 is 7.85 Å². The van der Waals surface area contributed by atoms with E-state index in [1.807, 2.05) is 0 Å². The highest BCUT2D eigenvalue weighted by molar-refractivity contribution is 6.11. The minimum atomic E-state index is 0.278. The zero-order valence-electron chi connectivity index (χ0n) is 7.20. The van der Waals surface area contributed by atoms with Crippen LogP contribution >= 0.6 is 0 Å². The van der Waals surface area contributed by atoms with Crippen LogP contribution in [0.2, 0.25) is 5.82 Å². The quantitative estimate of drug-likeness (QED) is 0.250. The summed E-state index contributed by atoms with van der Waals surface area (Å²) in [6.45, 7) is 2.17. The molecule has 0 spiro atoms. The molecule has 0 aromatic rings. The minimum Gasteiger partial charge on any atom is -0.0904 e. The summed E-state index contributed by atoms with van der Waals surface area (Å²) in [5, 5.41) is 3.81. The Balaban J connectivity index is 2.56. The van der Waals surface area contributed by atoms with Gasteiger partial charge in [-0.05, 0) is 17.9 Å². The van der Waals surface area contributed by atoms with Crippen LogP contribution in [0.15, 0.2) is 5.11 Å². The molecular weight excluding hydrogens is 137 g/mol. The van der Waals surface area contributed by atoms with E-state index >= 15 is 0 Å². The van der Waals surface area contributed by atoms with E-state index in [0.717, 1.165) is 18.7 Å². The maximum atomic E-state index is 8.28. The number of hydrogen-bond donors (Lipinski definition) is 0. The molecule has 0 radical (unpaired) electrons. The highest BCUT2D eigenvalue weighted by Crippen LogP contribution is 2.37. The maximum absolute atomic E-state index is 8.28. The van der Waals surface area contributed by atoms with Crippen molar-refractivity contribution in [3.05, 3.63) is 10.4 Å². The van der Waals surface area contributed by atoms with Crippen molar-refractivity contribution in [2.45, 2.75) is 38.0 Å². The average Bonchev–Trinajstić information content (AvgIpc) is 2.32. The van der Waals surface area contributed by atoms with E-state index < -0.39 is 0 Å². The van der Waals surface area contributed by atoms with Gasteiger partial charge in [-0.1, -0.05) is 30.7 Å². The fourth-order valence-electron chi connectivity index (χ4n) is 2.02. The molecule has 1 fully saturated rings. The summed E-state index contributed by atoms with van der Waals surface area (Å²) in [5.74, 6) is 1.39. The molecule has 1 aliphatic rings. The Morgan fingerprint density at radius 3 is 2.91 bits per heavy atom. The van der Waals surface area contributed by atoms with Crippen molar-refractivity contribution in [1.29, 1.82) is 0 Å². The predicted octanol–water partition coefficient (Wildman–Crippen LogP) is 1.91. The third kappa shape index (κ3) is 1.90. The third-order valence-electron chi connectivity index (χ3n) is 2.62. The molecule has 3 unspecified atom stereocenters. The number of hydrogen-bond acceptors (Lipinski definition) is 1. The number of rotatable bonds is 2. The second-order valence-electron chi connectivity index (χ2n) is 3.52. The third-order valence-corrected chi connectivity index (χ3v) is 2.62. The van der Waals surface area contributed by atoms with Gasteiger partial charge >= 0.3 is 0 Å². The molecule has 1 aliphatic carbocycles. The van der Waals surface area contributed by atoms with Crippen LogP contribution in [0.5, 0.6) is 0 Å². The van der Waals surface area contributed by atoms with Gasteiger partial charge in [-0.3, -0.25) is 0 Å². The van der Waals surface area contributed by atoms with Crippen LogP contribution in [0.3, 0.4) is 0 Å². The molecule has 11 heavy (non-hydrogen) atoms. The fraction of sp³-hybridized carbons (Fsp3) is 1.00. The Kier molecular flexibility index (Phi) is 2.83. The van der Waals surface area contributed by atoms with E-state index in [4.69, 9.17) is 5.53 Å². The molecule has 0 aromatic heterocycles. The number of azide groups is 1. The zero-order valence-corrected chi connectivity index (χ0v) is 7.20. The van der Waals surface area contributed by atoms with Gasteiger partial charge in [0, 0.05) is 11.0 Å². The van der Waals surface area contributed by atoms with E-state index in [2.05, 4.69) is 24.8 Å². The zero-order chi connectivity index (χ0) is 8.27. The Morgan fingerprint density at radius 2 is 2.36 bits per heavy atom. The van der Waals surface area contributed by atoms with Gasteiger partial charge in [0.1, 0.15) is 7.85 Å². The van der Waals surface area contributed by atoms with Crippen molar-refractivity contribution in [1.82, 2.24) is 0 Å². The Labute approximate surface area is 68.2 Å². The first-order valence-electron chi connectivity index (χ1n) is 4.32. The highest BCUT2D eigenvalue weighted by Gasteiger charge is 2.29. The smallest absolute Gasteiger partial charge is 0.0904 e. The molecule has 60 valence electrons. The van der Waals surface area contributed by atoms with E-state index in [0.29, 0.717) is 5.92 Å². The molecule has 4 heteroatoms. The normalized spacial score (nSPS) is 36.6. The summed E-state index contributed by atoms with van der Waals surface area (Å²) in [6.07, 6.45) is 3.47. The molecular formula is C7H14BN3. The van der Waals surface area contributed by atoms with Gasteiger partial charge < -0.3 is 0 Å². The first kappa shape index (κ1) is 8.47. The molecule has 0 amide bonds. The Morgan fingerprint density at radius 1 is 1.64 bits per heavy atom. The van der Waals surface area contributed by atoms with Crippen LogP contribution in [0, 0.1) is 5.92 Å². The van der Waals surface area contributed by atoms with E-state index in [1.165, 1.54) is 6.42 Å². The van der Waals surface area contributed by atoms with Gasteiger partial charge in [0.15, 0.2) is 0 Å². The molecule has 0 saturated heterocycles. The van der Waals surface area contributed by atoms with Crippen LogP contribution < -0.4 is 0 Å². The highest BCUT2D eigenvalue weighted by atomic mass is 15.2. The maximum Gasteiger partial charge on any atom is 0.105 e. The van der Waals surface area contributed by atoms with Gasteiger partial charge in [0.05, 0.1) is 0 Å². The molecule has 3 atom stereocenters. The van der Waals surface area contributed by atoms with Gasteiger partial charge in [-0.15, -0.1) is 0 Å². The summed E-state index contributed by atoms with van der Waals surface area (Å²) < 4.78 is 0. The lowest BCUT2D eigenvalue weighted by Crippen LogP contribution is -2.08. The molecule has 1 saturated carbocycles. The van der Waals surface area contributed by atoms with Crippen molar-refractivity contribution in [3.63, 3.8) is 0 Å². The van der Waals surface area contributed by atoms with E-state index in [1.54, 1.807) is 0 Å². The largest absolute Gasteiger partial charge is 0.105 e. The van der Waals surface area contributed by atoms with E-state index in [9.17, 15) is 0 Å². The molecule has 0 bridgehead atoms. The predicted molar refractivity (Wildman–Crippen MR) is 48.2 cm³/mol. The van der Waals surface area contributed by atoms with Gasteiger partial charge in [-0.2, -0.15) is 0 Å². The molecule has 0 heterocycles. The standard InChI is InChI=1S/C7H14BN3/c1-2-5-3-6(8)4-7(5)10-11-9/h5-7H,2-4,8H2,1H3. The minimum absolute atomic E-state index is 0.278. The first-order chi connectivity index (χ1) is 5.27. The lowest BCUT2D eigenvalue weighted by Gasteiger charge is -2.10. The first-order valence-corrected chi connectivity index (χ1v) is 4.32. The fourth-order valence-corrected chi connectivity index (χ4v) is 2.02. The van der Waals surface area contributed by atoms with Crippen molar-refractivity contribution in [3.8, 4) is 0 Å². The van der Waals surface area contributed by atoms with Crippen molar-refractivity contribution < 1.29 is 0 Å². The summed E-state index contributed by atoms with van der Waals surface area (Å²) >= 11 is 0. The molecule has 0 N–H and O–H groups in total. The second kappa shape index (κ2) is 3.68. The van der Waals surface area contributed by atoms with Crippen LogP contribution in [0.25, 0.3) is 10.4 Å². The topological polar surface area (TPSA) is 48.8 Å². The van der Waals surface area contributed by atoms with Gasteiger partial charge in [-0.25, -0.2) is 0 Å². The summed E-state index contributed by atoms with van der Waals surface area (Å²) in [7, 11) is 2.23. The molecule has 1 rings (SSSR count). The lowest BCUT2D eigenvalue weighted by molar-refractivity contribution is 0.465. The molecule has 0 aliphatic heterocycles. The van der Waals surface area contributed by atoms with Crippen molar-refractivity contribution in [2.75, 3.05) is 0 Å². The van der Waals surface area contributed by atoms with Gasteiger partial charge in [0.25, 0.3) is 0 Å². The SMILES string of the molecule is BC1CC(CC)C(N=[N+]=[N-])C1. The van der Waals surface area contributed by atoms with Crippen LogP contribution in [-0.4, -0.2) is 13.9 Å². The number of nitrogens with zero attached hydrogens (tertiary/aromatic N) is 3. The van der Waals surface area contributed by atoms with Crippen LogP contribution in [-0.2, 0) is 0 Å². The summed E-state index contributed by atoms with van der Waals surface area (Å²) in [4.78, 5) is 2.88. The molecule has 3 nitrogen and oxygen atoms in total. The van der Waals surface area contributed by atoms with Crippen molar-refractivity contribution in [2.24, 2.45) is 11.0 Å². The Hall–Kier alpha value is -0.625. The van der Waals surface area contributed by atoms with Gasteiger partial charge in [0.2, 0.25) is 0 Å². The monoisotopic (exact) mass is 151 g/mol. The van der Waals surface area contributed by atoms with E-state index in [-0.39, 0.29) is 6.04 Å². The second-order valence-corrected chi connectivity index (χ2v) is 3.52.